The van der Waals surface area contributed by atoms with E-state index >= 15 is 0 Å². The van der Waals surface area contributed by atoms with Gasteiger partial charge < -0.3 is 45.1 Å². The summed E-state index contributed by atoms with van der Waals surface area (Å²) in [5.41, 5.74) is 0. The number of ether oxygens (including phenoxy) is 3. The standard InChI is InChI=1S/C64H115NO10/c1-4-7-10-13-16-19-22-24-26-28-29-30-32-34-37-40-43-46-49-52-59(69)75-62-61(71)60(70)58(53-66)74-64(62)73-54-55(56(67)50-47-44-41-38-35-21-18-15-12-9-6-3)65-63(72)57(68)51-48-45-42-39-36-33-31-27-25-23-20-17-14-11-8-5-2/h16-17,19-20,24-27,47,50,55-58,60-62,64,66-68,70-71H,4-15,18,21-23,28-46,48-49,51-54H2,1-3H3,(H,65,72)/b19-16-,20-17-,26-24-,27-25-,50-47+. The van der Waals surface area contributed by atoms with E-state index < -0.39 is 67.4 Å². The highest BCUT2D eigenvalue weighted by molar-refractivity contribution is 5.80. The van der Waals surface area contributed by atoms with Crippen molar-refractivity contribution in [2.24, 2.45) is 0 Å². The van der Waals surface area contributed by atoms with Crippen LogP contribution >= 0.6 is 0 Å². The molecule has 0 aromatic carbocycles. The molecule has 1 rings (SSSR count). The predicted octanol–water partition coefficient (Wildman–Crippen LogP) is 14.6. The number of aliphatic hydroxyl groups excluding tert-OH is 5. The summed E-state index contributed by atoms with van der Waals surface area (Å²) >= 11 is 0. The van der Waals surface area contributed by atoms with Crippen molar-refractivity contribution in [3.05, 3.63) is 60.8 Å². The lowest BCUT2D eigenvalue weighted by Crippen LogP contribution is -2.61. The number of carbonyl (C=O) groups is 2. The number of hydrogen-bond acceptors (Lipinski definition) is 10. The van der Waals surface area contributed by atoms with Crippen LogP contribution in [0.4, 0.5) is 0 Å². The summed E-state index contributed by atoms with van der Waals surface area (Å²) in [6, 6.07) is -1.03. The molecule has 0 radical (unpaired) electrons. The smallest absolute Gasteiger partial charge is 0.306 e. The van der Waals surface area contributed by atoms with Gasteiger partial charge >= 0.3 is 5.97 Å². The Morgan fingerprint density at radius 3 is 1.39 bits per heavy atom. The minimum absolute atomic E-state index is 0.117. The fourth-order valence-corrected chi connectivity index (χ4v) is 9.42. The first kappa shape index (κ1) is 70.4. The normalized spacial score (nSPS) is 19.6. The summed E-state index contributed by atoms with van der Waals surface area (Å²) in [5, 5.41) is 56.9. The van der Waals surface area contributed by atoms with Crippen molar-refractivity contribution >= 4 is 11.9 Å². The van der Waals surface area contributed by atoms with Crippen LogP contribution in [0.3, 0.4) is 0 Å². The Hall–Kier alpha value is -2.64. The van der Waals surface area contributed by atoms with Gasteiger partial charge in [0, 0.05) is 6.42 Å². The number of hydrogen-bond donors (Lipinski definition) is 6. The summed E-state index contributed by atoms with van der Waals surface area (Å²) in [7, 11) is 0. The number of nitrogens with one attached hydrogen (secondary N) is 1. The molecule has 11 nitrogen and oxygen atoms in total. The van der Waals surface area contributed by atoms with Gasteiger partial charge in [-0.25, -0.2) is 0 Å². The second kappa shape index (κ2) is 52.1. The van der Waals surface area contributed by atoms with Crippen molar-refractivity contribution < 1.29 is 49.3 Å². The first-order valence-corrected chi connectivity index (χ1v) is 31.1. The molecule has 1 fully saturated rings. The minimum atomic E-state index is -1.62. The van der Waals surface area contributed by atoms with E-state index in [2.05, 4.69) is 74.7 Å². The van der Waals surface area contributed by atoms with E-state index in [1.165, 1.54) is 128 Å². The number of rotatable bonds is 52. The molecule has 0 aliphatic carbocycles. The molecule has 436 valence electrons. The Morgan fingerprint density at radius 2 is 0.920 bits per heavy atom. The van der Waals surface area contributed by atoms with Crippen molar-refractivity contribution in [3.63, 3.8) is 0 Å². The van der Waals surface area contributed by atoms with E-state index in [-0.39, 0.29) is 19.4 Å². The molecule has 75 heavy (non-hydrogen) atoms. The number of unbranched alkanes of at least 4 members (excludes halogenated alkanes) is 30. The Balaban J connectivity index is 2.67. The summed E-state index contributed by atoms with van der Waals surface area (Å²) in [5.74, 6) is -1.20. The van der Waals surface area contributed by atoms with Gasteiger partial charge in [-0.05, 0) is 89.9 Å². The highest BCUT2D eigenvalue weighted by atomic mass is 16.7. The Labute approximate surface area is 458 Å². The lowest BCUT2D eigenvalue weighted by molar-refractivity contribution is -0.305. The van der Waals surface area contributed by atoms with Gasteiger partial charge in [0.15, 0.2) is 12.4 Å². The molecule has 0 aromatic heterocycles. The van der Waals surface area contributed by atoms with Gasteiger partial charge in [0.1, 0.15) is 24.4 Å². The number of aliphatic hydroxyl groups is 5. The van der Waals surface area contributed by atoms with Crippen LogP contribution in [0.25, 0.3) is 0 Å². The summed E-state index contributed by atoms with van der Waals surface area (Å²) in [6.07, 6.45) is 53.9. The summed E-state index contributed by atoms with van der Waals surface area (Å²) in [6.45, 7) is 5.73. The average molecular weight is 1060 g/mol. The highest BCUT2D eigenvalue weighted by Crippen LogP contribution is 2.26. The lowest BCUT2D eigenvalue weighted by atomic mass is 9.99. The molecule has 0 bridgehead atoms. The fraction of sp³-hybridized carbons (Fsp3) is 0.812. The zero-order valence-electron chi connectivity index (χ0n) is 48.2. The number of carbonyl (C=O) groups excluding carboxylic acids is 2. The van der Waals surface area contributed by atoms with Gasteiger partial charge in [0.2, 0.25) is 5.91 Å². The minimum Gasteiger partial charge on any atom is -0.454 e. The Morgan fingerprint density at radius 1 is 0.520 bits per heavy atom. The van der Waals surface area contributed by atoms with E-state index in [9.17, 15) is 35.1 Å². The molecule has 1 heterocycles. The third kappa shape index (κ3) is 40.2. The van der Waals surface area contributed by atoms with E-state index in [0.717, 1.165) is 96.3 Å². The lowest BCUT2D eigenvalue weighted by Gasteiger charge is -2.41. The van der Waals surface area contributed by atoms with Crippen molar-refractivity contribution in [3.8, 4) is 0 Å². The van der Waals surface area contributed by atoms with Gasteiger partial charge in [-0.3, -0.25) is 9.59 Å². The van der Waals surface area contributed by atoms with E-state index in [1.807, 2.05) is 6.08 Å². The molecule has 0 saturated carbocycles. The SMILES string of the molecule is CCCCC/C=C\C/C=C\CCCCCCCCCCCC(=O)OC1C(OCC(NC(=O)C(O)CCCCCCCC/C=C\C/C=C\CCCCC)C(O)/C=C/CCCCCCCCCCC)OC(CO)C(O)C1O. The van der Waals surface area contributed by atoms with E-state index in [4.69, 9.17) is 14.2 Å². The molecule has 1 saturated heterocycles. The molecule has 1 amide bonds. The predicted molar refractivity (Wildman–Crippen MR) is 310 cm³/mol. The number of allylic oxidation sites excluding steroid dienone is 9. The van der Waals surface area contributed by atoms with Crippen LogP contribution < -0.4 is 5.32 Å². The van der Waals surface area contributed by atoms with Gasteiger partial charge in [0.25, 0.3) is 0 Å². The van der Waals surface area contributed by atoms with Crippen molar-refractivity contribution in [2.45, 2.75) is 320 Å². The molecular formula is C64H115NO10. The molecule has 1 aliphatic heterocycles. The maximum Gasteiger partial charge on any atom is 0.306 e. The van der Waals surface area contributed by atoms with Crippen LogP contribution in [-0.2, 0) is 23.8 Å². The van der Waals surface area contributed by atoms with Crippen LogP contribution in [0.1, 0.15) is 271 Å². The van der Waals surface area contributed by atoms with Crippen molar-refractivity contribution in [1.29, 1.82) is 0 Å². The third-order valence-electron chi connectivity index (χ3n) is 14.4. The zero-order chi connectivity index (χ0) is 54.7. The van der Waals surface area contributed by atoms with Crippen molar-refractivity contribution in [2.75, 3.05) is 13.2 Å². The van der Waals surface area contributed by atoms with Gasteiger partial charge in [-0.2, -0.15) is 0 Å². The molecular weight excluding hydrogens is 943 g/mol. The molecule has 8 atom stereocenters. The molecule has 11 heteroatoms. The van der Waals surface area contributed by atoms with Crippen LogP contribution in [0, 0.1) is 0 Å². The number of esters is 1. The third-order valence-corrected chi connectivity index (χ3v) is 14.4. The van der Waals surface area contributed by atoms with Crippen LogP contribution in [0.2, 0.25) is 0 Å². The second-order valence-corrected chi connectivity index (χ2v) is 21.4. The molecule has 1 aliphatic rings. The summed E-state index contributed by atoms with van der Waals surface area (Å²) < 4.78 is 17.6. The maximum absolute atomic E-state index is 13.4. The zero-order valence-corrected chi connectivity index (χ0v) is 48.2. The first-order chi connectivity index (χ1) is 36.7. The fourth-order valence-electron chi connectivity index (χ4n) is 9.42. The first-order valence-electron chi connectivity index (χ1n) is 31.1. The maximum atomic E-state index is 13.4. The van der Waals surface area contributed by atoms with E-state index in [0.29, 0.717) is 12.8 Å². The topological polar surface area (TPSA) is 175 Å². The Bertz CT molecular complexity index is 1450. The quantitative estimate of drug-likeness (QED) is 0.0195. The number of amides is 1. The highest BCUT2D eigenvalue weighted by Gasteiger charge is 2.47. The van der Waals surface area contributed by atoms with Crippen LogP contribution in [0.5, 0.6) is 0 Å². The molecule has 8 unspecified atom stereocenters. The molecule has 6 N–H and O–H groups in total. The van der Waals surface area contributed by atoms with E-state index in [1.54, 1.807) is 6.08 Å². The molecule has 0 aromatic rings. The van der Waals surface area contributed by atoms with Gasteiger partial charge in [-0.1, -0.05) is 236 Å². The van der Waals surface area contributed by atoms with Crippen LogP contribution in [-0.4, -0.2) is 99.6 Å². The van der Waals surface area contributed by atoms with Crippen LogP contribution in [0.15, 0.2) is 60.8 Å². The largest absolute Gasteiger partial charge is 0.454 e. The second-order valence-electron chi connectivity index (χ2n) is 21.4. The summed E-state index contributed by atoms with van der Waals surface area (Å²) in [4.78, 5) is 26.5. The monoisotopic (exact) mass is 1060 g/mol. The van der Waals surface area contributed by atoms with Gasteiger partial charge in [-0.15, -0.1) is 0 Å². The Kier molecular flexibility index (Phi) is 48.9. The van der Waals surface area contributed by atoms with Crippen molar-refractivity contribution in [1.82, 2.24) is 5.32 Å². The molecule has 0 spiro atoms. The average Bonchev–Trinajstić information content (AvgIpc) is 3.41. The van der Waals surface area contributed by atoms with Gasteiger partial charge in [0.05, 0.1) is 25.4 Å².